The molecular formula is C15H23F2NO3. The van der Waals surface area contributed by atoms with Crippen molar-refractivity contribution in [1.29, 1.82) is 0 Å². The van der Waals surface area contributed by atoms with Crippen molar-refractivity contribution in [3.05, 3.63) is 29.8 Å². The van der Waals surface area contributed by atoms with E-state index < -0.39 is 6.61 Å². The van der Waals surface area contributed by atoms with E-state index >= 15 is 0 Å². The van der Waals surface area contributed by atoms with Crippen molar-refractivity contribution in [3.8, 4) is 5.75 Å². The Kier molecular flexibility index (Phi) is 8.19. The van der Waals surface area contributed by atoms with Crippen molar-refractivity contribution in [2.75, 3.05) is 19.8 Å². The molecule has 0 aliphatic carbocycles. The predicted octanol–water partition coefficient (Wildman–Crippen LogP) is 3.34. The van der Waals surface area contributed by atoms with Gasteiger partial charge < -0.3 is 19.5 Å². The Labute approximate surface area is 124 Å². The van der Waals surface area contributed by atoms with Crippen molar-refractivity contribution in [1.82, 2.24) is 5.32 Å². The summed E-state index contributed by atoms with van der Waals surface area (Å²) in [5.41, 5.74) is 0.671. The molecule has 1 unspecified atom stereocenters. The maximum absolute atomic E-state index is 12.4. The monoisotopic (exact) mass is 303 g/mol. The fraction of sp³-hybridized carbons (Fsp3) is 0.600. The molecule has 0 radical (unpaired) electrons. The highest BCUT2D eigenvalue weighted by atomic mass is 19.3. The number of nitrogens with one attached hydrogen (secondary N) is 1. The molecule has 0 fully saturated rings. The topological polar surface area (TPSA) is 39.7 Å². The van der Waals surface area contributed by atoms with Crippen LogP contribution in [-0.2, 0) is 9.47 Å². The zero-order valence-electron chi connectivity index (χ0n) is 12.6. The van der Waals surface area contributed by atoms with Crippen LogP contribution in [0.15, 0.2) is 24.3 Å². The van der Waals surface area contributed by atoms with Gasteiger partial charge in [-0.15, -0.1) is 0 Å². The summed E-state index contributed by atoms with van der Waals surface area (Å²) in [5, 5.41) is 3.21. The Morgan fingerprint density at radius 2 is 1.71 bits per heavy atom. The molecule has 1 atom stereocenters. The number of para-hydroxylation sites is 1. The van der Waals surface area contributed by atoms with Gasteiger partial charge in [0.1, 0.15) is 5.75 Å². The second-order valence-corrected chi connectivity index (χ2v) is 4.39. The number of rotatable bonds is 10. The van der Waals surface area contributed by atoms with Crippen LogP contribution in [0.4, 0.5) is 8.78 Å². The van der Waals surface area contributed by atoms with Crippen LogP contribution in [0.5, 0.6) is 5.75 Å². The Morgan fingerprint density at radius 3 is 2.29 bits per heavy atom. The average molecular weight is 303 g/mol. The lowest BCUT2D eigenvalue weighted by Gasteiger charge is -2.22. The number of hydrogen-bond donors (Lipinski definition) is 1. The van der Waals surface area contributed by atoms with Crippen LogP contribution in [0.3, 0.4) is 0 Å². The number of hydrogen-bond acceptors (Lipinski definition) is 4. The standard InChI is InChI=1S/C15H23F2NO3/c1-4-19-14(20-5-2)10-18-11(3)12-8-6-7-9-13(12)21-15(16)17/h6-9,11,14-15,18H,4-5,10H2,1-3H3. The summed E-state index contributed by atoms with van der Waals surface area (Å²) in [6.45, 7) is 4.38. The van der Waals surface area contributed by atoms with E-state index in [-0.39, 0.29) is 18.1 Å². The fourth-order valence-electron chi connectivity index (χ4n) is 1.96. The van der Waals surface area contributed by atoms with E-state index in [0.717, 1.165) is 0 Å². The third kappa shape index (κ3) is 6.37. The molecule has 4 nitrogen and oxygen atoms in total. The quantitative estimate of drug-likeness (QED) is 0.673. The van der Waals surface area contributed by atoms with E-state index in [1.165, 1.54) is 6.07 Å². The van der Waals surface area contributed by atoms with Crippen molar-refractivity contribution in [3.63, 3.8) is 0 Å². The van der Waals surface area contributed by atoms with Crippen molar-refractivity contribution < 1.29 is 23.0 Å². The van der Waals surface area contributed by atoms with E-state index in [2.05, 4.69) is 10.1 Å². The predicted molar refractivity (Wildman–Crippen MR) is 76.5 cm³/mol. The minimum atomic E-state index is -2.84. The van der Waals surface area contributed by atoms with Gasteiger partial charge in [-0.25, -0.2) is 0 Å². The lowest BCUT2D eigenvalue weighted by molar-refractivity contribution is -0.133. The molecule has 1 N–H and O–H groups in total. The second kappa shape index (κ2) is 9.65. The van der Waals surface area contributed by atoms with Crippen molar-refractivity contribution in [2.45, 2.75) is 39.7 Å². The maximum atomic E-state index is 12.4. The normalized spacial score (nSPS) is 12.9. The molecule has 1 rings (SSSR count). The average Bonchev–Trinajstić information content (AvgIpc) is 2.45. The van der Waals surface area contributed by atoms with Crippen molar-refractivity contribution >= 4 is 0 Å². The molecule has 0 bridgehead atoms. The number of alkyl halides is 2. The van der Waals surface area contributed by atoms with Crippen LogP contribution in [0, 0.1) is 0 Å². The molecule has 0 saturated carbocycles. The Balaban J connectivity index is 2.64. The first-order valence-corrected chi connectivity index (χ1v) is 7.08. The van der Waals surface area contributed by atoms with Gasteiger partial charge in [0, 0.05) is 31.4 Å². The van der Waals surface area contributed by atoms with Crippen LogP contribution in [-0.4, -0.2) is 32.7 Å². The summed E-state index contributed by atoms with van der Waals surface area (Å²) in [7, 11) is 0. The molecule has 1 aromatic carbocycles. The van der Waals surface area contributed by atoms with Gasteiger partial charge in [0.15, 0.2) is 6.29 Å². The highest BCUT2D eigenvalue weighted by Gasteiger charge is 2.16. The fourth-order valence-corrected chi connectivity index (χ4v) is 1.96. The molecule has 21 heavy (non-hydrogen) atoms. The first kappa shape index (κ1) is 17.8. The van der Waals surface area contributed by atoms with Gasteiger partial charge in [0.05, 0.1) is 0 Å². The summed E-state index contributed by atoms with van der Waals surface area (Å²) in [5.74, 6) is 0.178. The number of benzene rings is 1. The molecule has 120 valence electrons. The molecule has 1 aromatic rings. The summed E-state index contributed by atoms with van der Waals surface area (Å²) in [6, 6.07) is 6.57. The molecular weight excluding hydrogens is 280 g/mol. The van der Waals surface area contributed by atoms with Gasteiger partial charge in [0.2, 0.25) is 0 Å². The highest BCUT2D eigenvalue weighted by Crippen LogP contribution is 2.26. The first-order chi connectivity index (χ1) is 10.1. The van der Waals surface area contributed by atoms with Crippen LogP contribution in [0.2, 0.25) is 0 Å². The van der Waals surface area contributed by atoms with Gasteiger partial charge >= 0.3 is 6.61 Å². The first-order valence-electron chi connectivity index (χ1n) is 7.08. The van der Waals surface area contributed by atoms with Crippen LogP contribution < -0.4 is 10.1 Å². The van der Waals surface area contributed by atoms with Gasteiger partial charge in [-0.2, -0.15) is 8.78 Å². The minimum Gasteiger partial charge on any atom is -0.434 e. The van der Waals surface area contributed by atoms with Gasteiger partial charge in [-0.3, -0.25) is 0 Å². The largest absolute Gasteiger partial charge is 0.434 e. The van der Waals surface area contributed by atoms with Crippen LogP contribution in [0.25, 0.3) is 0 Å². The zero-order chi connectivity index (χ0) is 15.7. The maximum Gasteiger partial charge on any atom is 0.387 e. The van der Waals surface area contributed by atoms with Crippen molar-refractivity contribution in [2.24, 2.45) is 0 Å². The Hall–Kier alpha value is -1.24. The highest BCUT2D eigenvalue weighted by molar-refractivity contribution is 5.35. The summed E-state index contributed by atoms with van der Waals surface area (Å²) >= 11 is 0. The van der Waals surface area contributed by atoms with Crippen LogP contribution >= 0.6 is 0 Å². The summed E-state index contributed by atoms with van der Waals surface area (Å²) in [4.78, 5) is 0. The van der Waals surface area contributed by atoms with E-state index in [1.807, 2.05) is 20.8 Å². The Morgan fingerprint density at radius 1 is 1.10 bits per heavy atom. The number of halogens is 2. The second-order valence-electron chi connectivity index (χ2n) is 4.39. The number of ether oxygens (including phenoxy) is 3. The molecule has 6 heteroatoms. The van der Waals surface area contributed by atoms with Crippen LogP contribution in [0.1, 0.15) is 32.4 Å². The molecule has 0 saturated heterocycles. The zero-order valence-corrected chi connectivity index (χ0v) is 12.6. The third-order valence-corrected chi connectivity index (χ3v) is 2.90. The summed E-state index contributed by atoms with van der Waals surface area (Å²) < 4.78 is 40.2. The molecule has 0 amide bonds. The molecule has 0 aliphatic rings. The minimum absolute atomic E-state index is 0.164. The van der Waals surface area contributed by atoms with E-state index in [9.17, 15) is 8.78 Å². The molecule has 0 spiro atoms. The van der Waals surface area contributed by atoms with Gasteiger partial charge in [-0.1, -0.05) is 18.2 Å². The third-order valence-electron chi connectivity index (χ3n) is 2.90. The van der Waals surface area contributed by atoms with E-state index in [4.69, 9.17) is 9.47 Å². The summed E-state index contributed by atoms with van der Waals surface area (Å²) in [6.07, 6.45) is -0.356. The van der Waals surface area contributed by atoms with Gasteiger partial charge in [0.25, 0.3) is 0 Å². The lowest BCUT2D eigenvalue weighted by Crippen LogP contribution is -2.33. The van der Waals surface area contributed by atoms with E-state index in [0.29, 0.717) is 25.3 Å². The smallest absolute Gasteiger partial charge is 0.387 e. The SMILES string of the molecule is CCOC(CNC(C)c1ccccc1OC(F)F)OCC. The Bertz CT molecular complexity index is 398. The van der Waals surface area contributed by atoms with E-state index in [1.54, 1.807) is 18.2 Å². The molecule has 0 heterocycles. The van der Waals surface area contributed by atoms with Gasteiger partial charge in [-0.05, 0) is 26.8 Å². The lowest BCUT2D eigenvalue weighted by atomic mass is 10.1. The molecule has 0 aromatic heterocycles. The molecule has 0 aliphatic heterocycles.